The smallest absolute Gasteiger partial charge is 0.287 e. The van der Waals surface area contributed by atoms with Crippen molar-refractivity contribution < 1.29 is 36.3 Å². The SMILES string of the molecule is CCOP(=O)(OCC)OC1C=CC(OP(=O)(OCC)OCC)CC1. The molecule has 2 unspecified atom stereocenters. The fraction of sp³-hybridized carbons (Fsp3) is 0.857. The van der Waals surface area contributed by atoms with Crippen molar-refractivity contribution in [1.29, 1.82) is 0 Å². The number of phosphoric acid groups is 2. The lowest BCUT2D eigenvalue weighted by Gasteiger charge is -2.27. The van der Waals surface area contributed by atoms with Crippen LogP contribution in [0, 0.1) is 0 Å². The van der Waals surface area contributed by atoms with Crippen molar-refractivity contribution in [2.24, 2.45) is 0 Å². The molecule has 0 aromatic carbocycles. The Labute approximate surface area is 144 Å². The first-order chi connectivity index (χ1) is 11.4. The third-order valence-corrected chi connectivity index (χ3v) is 6.31. The van der Waals surface area contributed by atoms with E-state index in [-0.39, 0.29) is 26.4 Å². The molecule has 1 aliphatic carbocycles. The summed E-state index contributed by atoms with van der Waals surface area (Å²) in [5.74, 6) is 0. The summed E-state index contributed by atoms with van der Waals surface area (Å²) in [5.41, 5.74) is 0. The predicted molar refractivity (Wildman–Crippen MR) is 89.8 cm³/mol. The Morgan fingerprint density at radius 1 is 0.708 bits per heavy atom. The molecular weight excluding hydrogens is 358 g/mol. The van der Waals surface area contributed by atoms with E-state index in [0.717, 1.165) is 0 Å². The molecule has 0 aromatic heterocycles. The third-order valence-electron chi connectivity index (χ3n) is 2.95. The lowest BCUT2D eigenvalue weighted by Crippen LogP contribution is -2.21. The zero-order chi connectivity index (χ0) is 18.1. The maximum absolute atomic E-state index is 12.3. The van der Waals surface area contributed by atoms with Gasteiger partial charge in [0.2, 0.25) is 0 Å². The molecule has 10 heteroatoms. The van der Waals surface area contributed by atoms with E-state index >= 15 is 0 Å². The normalized spacial score (nSPS) is 22.0. The number of hydrogen-bond acceptors (Lipinski definition) is 8. The summed E-state index contributed by atoms with van der Waals surface area (Å²) in [5, 5.41) is 0. The molecule has 2 atom stereocenters. The molecular formula is C14H28O8P2. The maximum atomic E-state index is 12.3. The highest BCUT2D eigenvalue weighted by Gasteiger charge is 2.33. The largest absolute Gasteiger partial charge is 0.475 e. The van der Waals surface area contributed by atoms with Crippen LogP contribution in [0.3, 0.4) is 0 Å². The summed E-state index contributed by atoms with van der Waals surface area (Å²) in [6.45, 7) is 7.78. The van der Waals surface area contributed by atoms with E-state index in [9.17, 15) is 9.13 Å². The highest BCUT2D eigenvalue weighted by Crippen LogP contribution is 2.53. The number of phosphoric ester groups is 2. The highest BCUT2D eigenvalue weighted by molar-refractivity contribution is 7.48. The van der Waals surface area contributed by atoms with Gasteiger partial charge in [-0.25, -0.2) is 9.13 Å². The molecule has 1 aliphatic rings. The van der Waals surface area contributed by atoms with Crippen LogP contribution in [0.4, 0.5) is 0 Å². The molecule has 0 radical (unpaired) electrons. The zero-order valence-electron chi connectivity index (χ0n) is 14.7. The van der Waals surface area contributed by atoms with Gasteiger partial charge in [-0.3, -0.25) is 27.1 Å². The minimum atomic E-state index is -3.57. The minimum Gasteiger partial charge on any atom is -0.287 e. The van der Waals surface area contributed by atoms with Gasteiger partial charge in [-0.2, -0.15) is 0 Å². The van der Waals surface area contributed by atoms with Crippen LogP contribution in [0.2, 0.25) is 0 Å². The molecule has 0 saturated heterocycles. The van der Waals surface area contributed by atoms with E-state index < -0.39 is 27.9 Å². The van der Waals surface area contributed by atoms with E-state index in [1.165, 1.54) is 0 Å². The lowest BCUT2D eigenvalue weighted by molar-refractivity contribution is 0.0703. The van der Waals surface area contributed by atoms with Crippen LogP contribution in [0.1, 0.15) is 40.5 Å². The molecule has 142 valence electrons. The summed E-state index contributed by atoms with van der Waals surface area (Å²) in [7, 11) is -7.13. The molecule has 0 amide bonds. The second-order valence-electron chi connectivity index (χ2n) is 4.82. The van der Waals surface area contributed by atoms with Gasteiger partial charge < -0.3 is 0 Å². The summed E-state index contributed by atoms with van der Waals surface area (Å²) < 4.78 is 56.1. The van der Waals surface area contributed by atoms with Crippen molar-refractivity contribution >= 4 is 15.6 Å². The Kier molecular flexibility index (Phi) is 9.94. The van der Waals surface area contributed by atoms with Gasteiger partial charge in [-0.1, -0.05) is 12.2 Å². The van der Waals surface area contributed by atoms with E-state index in [0.29, 0.717) is 12.8 Å². The molecule has 1 rings (SSSR count). The van der Waals surface area contributed by atoms with Crippen LogP contribution >= 0.6 is 15.6 Å². The monoisotopic (exact) mass is 386 g/mol. The fourth-order valence-corrected chi connectivity index (χ4v) is 4.78. The van der Waals surface area contributed by atoms with Crippen molar-refractivity contribution in [3.05, 3.63) is 12.2 Å². The molecule has 0 aliphatic heterocycles. The first kappa shape index (κ1) is 22.0. The van der Waals surface area contributed by atoms with Crippen LogP contribution in [0.15, 0.2) is 12.2 Å². The summed E-state index contributed by atoms with van der Waals surface area (Å²) in [6, 6.07) is 0. The summed E-state index contributed by atoms with van der Waals surface area (Å²) in [4.78, 5) is 0. The van der Waals surface area contributed by atoms with Crippen molar-refractivity contribution in [3.63, 3.8) is 0 Å². The molecule has 0 fully saturated rings. The first-order valence-electron chi connectivity index (χ1n) is 8.23. The molecule has 0 heterocycles. The maximum Gasteiger partial charge on any atom is 0.475 e. The van der Waals surface area contributed by atoms with Crippen LogP contribution in [-0.2, 0) is 36.3 Å². The topological polar surface area (TPSA) is 89.5 Å². The average molecular weight is 386 g/mol. The zero-order valence-corrected chi connectivity index (χ0v) is 16.5. The number of hydrogen-bond donors (Lipinski definition) is 0. The van der Waals surface area contributed by atoms with E-state index in [1.54, 1.807) is 39.8 Å². The third kappa shape index (κ3) is 7.46. The van der Waals surface area contributed by atoms with Crippen LogP contribution in [-0.4, -0.2) is 38.6 Å². The molecule has 24 heavy (non-hydrogen) atoms. The Balaban J connectivity index is 2.62. The number of rotatable bonds is 12. The van der Waals surface area contributed by atoms with Gasteiger partial charge in [-0.05, 0) is 40.5 Å². The van der Waals surface area contributed by atoms with Gasteiger partial charge in [-0.15, -0.1) is 0 Å². The molecule has 0 spiro atoms. The van der Waals surface area contributed by atoms with Gasteiger partial charge in [0.05, 0.1) is 38.6 Å². The molecule has 0 N–H and O–H groups in total. The van der Waals surface area contributed by atoms with Gasteiger partial charge in [0.15, 0.2) is 0 Å². The van der Waals surface area contributed by atoms with E-state index in [4.69, 9.17) is 27.1 Å². The minimum absolute atomic E-state index is 0.228. The lowest BCUT2D eigenvalue weighted by atomic mass is 10.0. The quantitative estimate of drug-likeness (QED) is 0.359. The standard InChI is InChI=1S/C14H28O8P2/c1-5-17-23(15,18-6-2)21-13-9-11-14(12-10-13)22-24(16,19-7-3)20-8-4/h9,11,13-14H,5-8,10,12H2,1-4H3. The fourth-order valence-electron chi connectivity index (χ4n) is 2.10. The Bertz CT molecular complexity index is 419. The second-order valence-corrected chi connectivity index (χ2v) is 8.06. The van der Waals surface area contributed by atoms with Crippen molar-refractivity contribution in [3.8, 4) is 0 Å². The van der Waals surface area contributed by atoms with Gasteiger partial charge in [0.25, 0.3) is 0 Å². The molecule has 0 aromatic rings. The van der Waals surface area contributed by atoms with Crippen LogP contribution < -0.4 is 0 Å². The first-order valence-corrected chi connectivity index (χ1v) is 11.2. The van der Waals surface area contributed by atoms with Gasteiger partial charge in [0.1, 0.15) is 0 Å². The summed E-state index contributed by atoms with van der Waals surface area (Å²) >= 11 is 0. The van der Waals surface area contributed by atoms with Crippen LogP contribution in [0.25, 0.3) is 0 Å². The molecule has 0 bridgehead atoms. The highest BCUT2D eigenvalue weighted by atomic mass is 31.2. The molecule has 8 nitrogen and oxygen atoms in total. The Morgan fingerprint density at radius 2 is 1.00 bits per heavy atom. The van der Waals surface area contributed by atoms with E-state index in [1.807, 2.05) is 0 Å². The summed E-state index contributed by atoms with van der Waals surface area (Å²) in [6.07, 6.45) is 3.58. The van der Waals surface area contributed by atoms with Crippen molar-refractivity contribution in [1.82, 2.24) is 0 Å². The van der Waals surface area contributed by atoms with Crippen molar-refractivity contribution in [2.45, 2.75) is 52.7 Å². The Hall–Kier alpha value is -0.0400. The van der Waals surface area contributed by atoms with Crippen LogP contribution in [0.5, 0.6) is 0 Å². The average Bonchev–Trinajstić information content (AvgIpc) is 2.50. The van der Waals surface area contributed by atoms with Gasteiger partial charge in [0, 0.05) is 0 Å². The molecule has 0 saturated carbocycles. The van der Waals surface area contributed by atoms with E-state index in [2.05, 4.69) is 0 Å². The Morgan fingerprint density at radius 3 is 1.21 bits per heavy atom. The predicted octanol–water partition coefficient (Wildman–Crippen LogP) is 4.47. The van der Waals surface area contributed by atoms with Crippen molar-refractivity contribution in [2.75, 3.05) is 26.4 Å². The second kappa shape index (κ2) is 10.8. The van der Waals surface area contributed by atoms with Gasteiger partial charge >= 0.3 is 15.6 Å².